The third-order valence-corrected chi connectivity index (χ3v) is 4.11. The minimum absolute atomic E-state index is 0.00772. The number of anilines is 1. The van der Waals surface area contributed by atoms with Crippen molar-refractivity contribution in [1.29, 1.82) is 0 Å². The summed E-state index contributed by atoms with van der Waals surface area (Å²) < 4.78 is 0. The van der Waals surface area contributed by atoms with Crippen molar-refractivity contribution < 1.29 is 4.79 Å². The molecule has 1 aliphatic rings. The topological polar surface area (TPSA) is 29.1 Å². The highest BCUT2D eigenvalue weighted by Crippen LogP contribution is 2.32. The van der Waals surface area contributed by atoms with E-state index in [4.69, 9.17) is 23.2 Å². The van der Waals surface area contributed by atoms with Crippen molar-refractivity contribution in [2.75, 3.05) is 5.32 Å². The Hall–Kier alpha value is -1.51. The third-order valence-electron chi connectivity index (χ3n) is 3.62. The van der Waals surface area contributed by atoms with E-state index in [1.165, 1.54) is 0 Å². The third kappa shape index (κ3) is 2.67. The molecule has 0 saturated carbocycles. The maximum absolute atomic E-state index is 12.4. The van der Waals surface area contributed by atoms with Crippen LogP contribution >= 0.6 is 23.2 Å². The number of aryl methyl sites for hydroxylation is 1. The Morgan fingerprint density at radius 3 is 2.45 bits per heavy atom. The Kier molecular flexibility index (Phi) is 3.68. The summed E-state index contributed by atoms with van der Waals surface area (Å²) in [5, 5.41) is 4.28. The van der Waals surface area contributed by atoms with Crippen molar-refractivity contribution in [3.63, 3.8) is 0 Å². The number of halogens is 2. The van der Waals surface area contributed by atoms with Gasteiger partial charge in [-0.25, -0.2) is 0 Å². The molecule has 0 aromatic heterocycles. The number of carbonyl (C=O) groups excluding carboxylic acids is 1. The zero-order chi connectivity index (χ0) is 14.1. The molecule has 4 heteroatoms. The van der Waals surface area contributed by atoms with Gasteiger partial charge in [-0.05, 0) is 48.2 Å². The number of amides is 1. The fourth-order valence-electron chi connectivity index (χ4n) is 2.55. The summed E-state index contributed by atoms with van der Waals surface area (Å²) in [6, 6.07) is 13.1. The van der Waals surface area contributed by atoms with Gasteiger partial charge < -0.3 is 5.32 Å². The highest BCUT2D eigenvalue weighted by molar-refractivity contribution is 6.31. The molecule has 2 aromatic rings. The van der Waals surface area contributed by atoms with Crippen molar-refractivity contribution in [2.45, 2.75) is 18.8 Å². The Morgan fingerprint density at radius 2 is 1.70 bits per heavy atom. The number of nitrogens with one attached hydrogen (secondary N) is 1. The van der Waals surface area contributed by atoms with Crippen LogP contribution in [0.2, 0.25) is 10.0 Å². The van der Waals surface area contributed by atoms with Gasteiger partial charge in [0.05, 0.1) is 5.92 Å². The van der Waals surface area contributed by atoms with Gasteiger partial charge >= 0.3 is 0 Å². The molecule has 0 bridgehead atoms. The van der Waals surface area contributed by atoms with E-state index in [0.717, 1.165) is 29.7 Å². The van der Waals surface area contributed by atoms with E-state index in [0.29, 0.717) is 10.0 Å². The van der Waals surface area contributed by atoms with Crippen LogP contribution in [0.25, 0.3) is 0 Å². The van der Waals surface area contributed by atoms with E-state index in [1.807, 2.05) is 36.4 Å². The van der Waals surface area contributed by atoms with Crippen molar-refractivity contribution in [3.05, 3.63) is 63.6 Å². The van der Waals surface area contributed by atoms with Crippen LogP contribution < -0.4 is 5.32 Å². The van der Waals surface area contributed by atoms with Gasteiger partial charge in [0.1, 0.15) is 0 Å². The molecule has 0 radical (unpaired) electrons. The first kappa shape index (κ1) is 13.5. The van der Waals surface area contributed by atoms with Gasteiger partial charge in [-0.15, -0.1) is 0 Å². The van der Waals surface area contributed by atoms with E-state index in [9.17, 15) is 4.79 Å². The molecule has 0 fully saturated rings. The Labute approximate surface area is 127 Å². The van der Waals surface area contributed by atoms with Crippen molar-refractivity contribution in [1.82, 2.24) is 0 Å². The molecule has 1 unspecified atom stereocenters. The lowest BCUT2D eigenvalue weighted by Crippen LogP contribution is -2.19. The van der Waals surface area contributed by atoms with Crippen molar-refractivity contribution in [2.24, 2.45) is 0 Å². The molecule has 1 heterocycles. The van der Waals surface area contributed by atoms with Crippen LogP contribution in [0.15, 0.2) is 42.5 Å². The van der Waals surface area contributed by atoms with Gasteiger partial charge in [0.2, 0.25) is 5.91 Å². The van der Waals surface area contributed by atoms with Crippen LogP contribution in [-0.2, 0) is 11.2 Å². The molecule has 0 spiro atoms. The monoisotopic (exact) mass is 305 g/mol. The minimum Gasteiger partial charge on any atom is -0.325 e. The van der Waals surface area contributed by atoms with Crippen LogP contribution in [0, 0.1) is 0 Å². The number of carbonyl (C=O) groups is 1. The second-order valence-corrected chi connectivity index (χ2v) is 5.81. The van der Waals surface area contributed by atoms with E-state index in [-0.39, 0.29) is 11.8 Å². The highest BCUT2D eigenvalue weighted by Gasteiger charge is 2.25. The minimum atomic E-state index is -0.154. The SMILES string of the molecule is O=C1Nc2cc(Cl)ccc2CCC1c1ccc(Cl)cc1. The Bertz CT molecular complexity index is 652. The zero-order valence-corrected chi connectivity index (χ0v) is 12.2. The van der Waals surface area contributed by atoms with Crippen LogP contribution in [0.5, 0.6) is 0 Å². The van der Waals surface area contributed by atoms with Crippen LogP contribution in [0.3, 0.4) is 0 Å². The van der Waals surface area contributed by atoms with Crippen LogP contribution in [0.4, 0.5) is 5.69 Å². The molecule has 0 aliphatic carbocycles. The number of rotatable bonds is 1. The molecule has 1 aliphatic heterocycles. The standard InChI is InChI=1S/C16H13Cl2NO/c17-12-5-1-10(2-6-12)14-8-4-11-3-7-13(18)9-15(11)19-16(14)20/h1-3,5-7,9,14H,4,8H2,(H,19,20). The molecule has 0 saturated heterocycles. The first-order valence-corrected chi connectivity index (χ1v) is 7.24. The van der Waals surface area contributed by atoms with E-state index in [2.05, 4.69) is 5.32 Å². The second-order valence-electron chi connectivity index (χ2n) is 4.93. The number of hydrogen-bond donors (Lipinski definition) is 1. The van der Waals surface area contributed by atoms with Gasteiger partial charge in [-0.3, -0.25) is 4.79 Å². The Morgan fingerprint density at radius 1 is 1.00 bits per heavy atom. The lowest BCUT2D eigenvalue weighted by atomic mass is 9.93. The Balaban J connectivity index is 1.91. The molecule has 20 heavy (non-hydrogen) atoms. The number of hydrogen-bond acceptors (Lipinski definition) is 1. The van der Waals surface area contributed by atoms with Crippen LogP contribution in [-0.4, -0.2) is 5.91 Å². The van der Waals surface area contributed by atoms with Gasteiger partial charge in [0, 0.05) is 15.7 Å². The average molecular weight is 306 g/mol. The summed E-state index contributed by atoms with van der Waals surface area (Å²) in [6.45, 7) is 0. The molecule has 1 N–H and O–H groups in total. The normalized spacial score (nSPS) is 18.1. The summed E-state index contributed by atoms with van der Waals surface area (Å²) in [4.78, 5) is 12.4. The average Bonchev–Trinajstić information content (AvgIpc) is 2.58. The van der Waals surface area contributed by atoms with Gasteiger partial charge in [0.25, 0.3) is 0 Å². The van der Waals surface area contributed by atoms with Crippen molar-refractivity contribution >= 4 is 34.8 Å². The molecular weight excluding hydrogens is 293 g/mol. The fraction of sp³-hybridized carbons (Fsp3) is 0.188. The summed E-state index contributed by atoms with van der Waals surface area (Å²) in [5.74, 6) is -0.146. The molecule has 3 rings (SSSR count). The lowest BCUT2D eigenvalue weighted by molar-refractivity contribution is -0.117. The fourth-order valence-corrected chi connectivity index (χ4v) is 2.85. The zero-order valence-electron chi connectivity index (χ0n) is 10.7. The quantitative estimate of drug-likeness (QED) is 0.815. The van der Waals surface area contributed by atoms with E-state index < -0.39 is 0 Å². The molecule has 2 aromatic carbocycles. The summed E-state index contributed by atoms with van der Waals surface area (Å²) >= 11 is 11.9. The first-order valence-electron chi connectivity index (χ1n) is 6.48. The van der Waals surface area contributed by atoms with Gasteiger partial charge in [-0.2, -0.15) is 0 Å². The largest absolute Gasteiger partial charge is 0.325 e. The lowest BCUT2D eigenvalue weighted by Gasteiger charge is -2.13. The van der Waals surface area contributed by atoms with Gasteiger partial charge in [-0.1, -0.05) is 41.4 Å². The molecular formula is C16H13Cl2NO. The highest BCUT2D eigenvalue weighted by atomic mass is 35.5. The number of fused-ring (bicyclic) bond motifs is 1. The predicted octanol–water partition coefficient (Wildman–Crippen LogP) is 4.66. The molecule has 2 nitrogen and oxygen atoms in total. The summed E-state index contributed by atoms with van der Waals surface area (Å²) in [6.07, 6.45) is 1.63. The maximum atomic E-state index is 12.4. The maximum Gasteiger partial charge on any atom is 0.231 e. The second kappa shape index (κ2) is 5.47. The summed E-state index contributed by atoms with van der Waals surface area (Å²) in [5.41, 5.74) is 2.93. The predicted molar refractivity (Wildman–Crippen MR) is 82.6 cm³/mol. The summed E-state index contributed by atoms with van der Waals surface area (Å²) in [7, 11) is 0. The van der Waals surface area contributed by atoms with Gasteiger partial charge in [0.15, 0.2) is 0 Å². The van der Waals surface area contributed by atoms with E-state index >= 15 is 0 Å². The van der Waals surface area contributed by atoms with E-state index in [1.54, 1.807) is 6.07 Å². The number of benzene rings is 2. The van der Waals surface area contributed by atoms with Crippen LogP contribution in [0.1, 0.15) is 23.5 Å². The molecule has 102 valence electrons. The van der Waals surface area contributed by atoms with Crippen molar-refractivity contribution in [3.8, 4) is 0 Å². The molecule has 1 atom stereocenters. The smallest absolute Gasteiger partial charge is 0.231 e. The first-order chi connectivity index (χ1) is 9.63. The molecule has 1 amide bonds.